The Labute approximate surface area is 117 Å². The maximum atomic E-state index is 6.06. The summed E-state index contributed by atoms with van der Waals surface area (Å²) in [6.07, 6.45) is 0.996. The molecule has 0 fully saturated rings. The summed E-state index contributed by atoms with van der Waals surface area (Å²) in [5.41, 5.74) is 7.30. The quantitative estimate of drug-likeness (QED) is 0.820. The molecule has 1 heterocycles. The molecule has 0 aliphatic heterocycles. The lowest BCUT2D eigenvalue weighted by atomic mass is 10.0. The summed E-state index contributed by atoms with van der Waals surface area (Å²) in [6.45, 7) is 4.19. The third-order valence-corrected chi connectivity index (χ3v) is 4.06. The van der Waals surface area contributed by atoms with E-state index in [0.29, 0.717) is 17.0 Å². The van der Waals surface area contributed by atoms with Crippen molar-refractivity contribution in [2.24, 2.45) is 11.7 Å². The minimum atomic E-state index is -0.177. The van der Waals surface area contributed by atoms with Crippen molar-refractivity contribution in [1.29, 1.82) is 0 Å². The van der Waals surface area contributed by atoms with Crippen LogP contribution in [0.5, 0.6) is 0 Å². The highest BCUT2D eigenvalue weighted by Gasteiger charge is 2.19. The molecule has 0 spiro atoms. The molecule has 0 saturated carbocycles. The molecule has 5 heteroatoms. The van der Waals surface area contributed by atoms with E-state index in [1.54, 1.807) is 0 Å². The number of aromatic nitrogens is 2. The molecule has 2 N–H and O–H groups in total. The van der Waals surface area contributed by atoms with Crippen LogP contribution in [0.4, 0.5) is 0 Å². The highest BCUT2D eigenvalue weighted by Crippen LogP contribution is 2.25. The van der Waals surface area contributed by atoms with Crippen molar-refractivity contribution in [3.63, 3.8) is 0 Å². The standard InChI is InChI=1S/C14H19N3OS/c1-3-10(2)12(15)13-16-17-14(18-13)19-9-11-7-5-4-6-8-11/h4-8,10,12H,3,9,15H2,1-2H3/t10?,12-/m0/s1. The van der Waals surface area contributed by atoms with Gasteiger partial charge < -0.3 is 10.2 Å². The number of rotatable bonds is 6. The molecule has 0 amide bonds. The molecular formula is C14H19N3OS. The number of hydrogen-bond donors (Lipinski definition) is 1. The fourth-order valence-corrected chi connectivity index (χ4v) is 2.36. The second-order valence-electron chi connectivity index (χ2n) is 4.59. The van der Waals surface area contributed by atoms with E-state index < -0.39 is 0 Å². The molecule has 0 saturated heterocycles. The Morgan fingerprint density at radius 2 is 2.00 bits per heavy atom. The van der Waals surface area contributed by atoms with Gasteiger partial charge in [-0.15, -0.1) is 10.2 Å². The number of benzene rings is 1. The summed E-state index contributed by atoms with van der Waals surface area (Å²) in [6, 6.07) is 10.0. The predicted molar refractivity (Wildman–Crippen MR) is 76.7 cm³/mol. The van der Waals surface area contributed by atoms with Gasteiger partial charge in [-0.2, -0.15) is 0 Å². The van der Waals surface area contributed by atoms with E-state index in [2.05, 4.69) is 36.2 Å². The van der Waals surface area contributed by atoms with Crippen molar-refractivity contribution < 1.29 is 4.42 Å². The van der Waals surface area contributed by atoms with E-state index in [9.17, 15) is 0 Å². The Hall–Kier alpha value is -1.33. The van der Waals surface area contributed by atoms with Crippen molar-refractivity contribution in [3.8, 4) is 0 Å². The Morgan fingerprint density at radius 1 is 1.26 bits per heavy atom. The number of hydrogen-bond acceptors (Lipinski definition) is 5. The number of nitrogens with zero attached hydrogens (tertiary/aromatic N) is 2. The largest absolute Gasteiger partial charge is 0.414 e. The van der Waals surface area contributed by atoms with E-state index in [1.807, 2.05) is 18.2 Å². The highest BCUT2D eigenvalue weighted by atomic mass is 32.2. The van der Waals surface area contributed by atoms with Gasteiger partial charge in [0.05, 0.1) is 6.04 Å². The van der Waals surface area contributed by atoms with Crippen LogP contribution in [-0.2, 0) is 5.75 Å². The Balaban J connectivity index is 1.94. The maximum Gasteiger partial charge on any atom is 0.276 e. The smallest absolute Gasteiger partial charge is 0.276 e. The van der Waals surface area contributed by atoms with Crippen LogP contribution in [0.2, 0.25) is 0 Å². The summed E-state index contributed by atoms with van der Waals surface area (Å²) in [7, 11) is 0. The first-order valence-corrected chi connectivity index (χ1v) is 7.45. The summed E-state index contributed by atoms with van der Waals surface area (Å²) in [5.74, 6) is 1.69. The SMILES string of the molecule is CCC(C)[C@H](N)c1nnc(SCc2ccccc2)o1. The zero-order valence-corrected chi connectivity index (χ0v) is 12.1. The minimum Gasteiger partial charge on any atom is -0.414 e. The molecule has 1 aromatic heterocycles. The molecule has 4 nitrogen and oxygen atoms in total. The van der Waals surface area contributed by atoms with Gasteiger partial charge in [0.15, 0.2) is 0 Å². The van der Waals surface area contributed by atoms with Gasteiger partial charge in [-0.1, -0.05) is 62.4 Å². The van der Waals surface area contributed by atoms with E-state index in [1.165, 1.54) is 17.3 Å². The van der Waals surface area contributed by atoms with E-state index >= 15 is 0 Å². The van der Waals surface area contributed by atoms with Crippen molar-refractivity contribution in [3.05, 3.63) is 41.8 Å². The van der Waals surface area contributed by atoms with Crippen molar-refractivity contribution in [2.75, 3.05) is 0 Å². The van der Waals surface area contributed by atoms with Crippen molar-refractivity contribution in [1.82, 2.24) is 10.2 Å². The van der Waals surface area contributed by atoms with Crippen LogP contribution < -0.4 is 5.73 Å². The van der Waals surface area contributed by atoms with Gasteiger partial charge in [-0.05, 0) is 11.5 Å². The van der Waals surface area contributed by atoms with Gasteiger partial charge in [-0.3, -0.25) is 0 Å². The maximum absolute atomic E-state index is 6.06. The average molecular weight is 277 g/mol. The van der Waals surface area contributed by atoms with Crippen LogP contribution in [0, 0.1) is 5.92 Å². The molecule has 19 heavy (non-hydrogen) atoms. The number of thioether (sulfide) groups is 1. The lowest BCUT2D eigenvalue weighted by Gasteiger charge is -2.13. The van der Waals surface area contributed by atoms with Crippen LogP contribution in [0.3, 0.4) is 0 Å². The minimum absolute atomic E-state index is 0.177. The first-order chi connectivity index (χ1) is 9.20. The Bertz CT molecular complexity index is 500. The van der Waals surface area contributed by atoms with Gasteiger partial charge in [0.1, 0.15) is 0 Å². The molecular weight excluding hydrogens is 258 g/mol. The normalized spacial score (nSPS) is 14.3. The van der Waals surface area contributed by atoms with Crippen molar-refractivity contribution in [2.45, 2.75) is 37.3 Å². The van der Waals surface area contributed by atoms with Crippen LogP contribution in [0.15, 0.2) is 40.0 Å². The summed E-state index contributed by atoms with van der Waals surface area (Å²) in [4.78, 5) is 0. The lowest BCUT2D eigenvalue weighted by Crippen LogP contribution is -2.18. The molecule has 0 radical (unpaired) electrons. The molecule has 2 rings (SSSR count). The topological polar surface area (TPSA) is 64.9 Å². The van der Waals surface area contributed by atoms with Crippen LogP contribution in [0.25, 0.3) is 0 Å². The third kappa shape index (κ3) is 3.81. The molecule has 1 unspecified atom stereocenters. The zero-order chi connectivity index (χ0) is 13.7. The predicted octanol–water partition coefficient (Wildman–Crippen LogP) is 3.41. The Kier molecular flexibility index (Phi) is 4.99. The second-order valence-corrected chi connectivity index (χ2v) is 5.52. The monoisotopic (exact) mass is 277 g/mol. The molecule has 2 atom stereocenters. The van der Waals surface area contributed by atoms with Crippen LogP contribution in [0.1, 0.15) is 37.8 Å². The Morgan fingerprint density at radius 3 is 2.68 bits per heavy atom. The first-order valence-electron chi connectivity index (χ1n) is 6.46. The molecule has 1 aromatic carbocycles. The fraction of sp³-hybridized carbons (Fsp3) is 0.429. The van der Waals surface area contributed by atoms with Gasteiger partial charge in [-0.25, -0.2) is 0 Å². The summed E-state index contributed by atoms with van der Waals surface area (Å²) >= 11 is 1.54. The third-order valence-electron chi connectivity index (χ3n) is 3.17. The van der Waals surface area contributed by atoms with Gasteiger partial charge in [0, 0.05) is 5.75 Å². The molecule has 0 aliphatic rings. The van der Waals surface area contributed by atoms with Crippen LogP contribution in [-0.4, -0.2) is 10.2 Å². The van der Waals surface area contributed by atoms with E-state index in [-0.39, 0.29) is 6.04 Å². The van der Waals surface area contributed by atoms with Gasteiger partial charge in [0.25, 0.3) is 5.22 Å². The molecule has 0 bridgehead atoms. The van der Waals surface area contributed by atoms with Crippen molar-refractivity contribution >= 4 is 11.8 Å². The first kappa shape index (κ1) is 14.1. The van der Waals surface area contributed by atoms with E-state index in [0.717, 1.165) is 12.2 Å². The second kappa shape index (κ2) is 6.73. The highest BCUT2D eigenvalue weighted by molar-refractivity contribution is 7.98. The average Bonchev–Trinajstić information content (AvgIpc) is 2.93. The van der Waals surface area contributed by atoms with E-state index in [4.69, 9.17) is 10.2 Å². The summed E-state index contributed by atoms with van der Waals surface area (Å²) < 4.78 is 5.61. The lowest BCUT2D eigenvalue weighted by molar-refractivity contribution is 0.333. The fourth-order valence-electron chi connectivity index (χ4n) is 1.63. The molecule has 102 valence electrons. The molecule has 0 aliphatic carbocycles. The molecule has 2 aromatic rings. The zero-order valence-electron chi connectivity index (χ0n) is 11.2. The van der Waals surface area contributed by atoms with Crippen LogP contribution >= 0.6 is 11.8 Å². The van der Waals surface area contributed by atoms with Gasteiger partial charge >= 0.3 is 0 Å². The number of nitrogens with two attached hydrogens (primary N) is 1. The summed E-state index contributed by atoms with van der Waals surface area (Å²) in [5, 5.41) is 8.65. The van der Waals surface area contributed by atoms with Gasteiger partial charge in [0.2, 0.25) is 5.89 Å².